The first-order chi connectivity index (χ1) is 15.6. The summed E-state index contributed by atoms with van der Waals surface area (Å²) in [7, 11) is 8.43. The first-order valence-electron chi connectivity index (χ1n) is 10.7. The van der Waals surface area contributed by atoms with E-state index in [1.807, 2.05) is 24.3 Å². The molecule has 1 aliphatic rings. The quantitative estimate of drug-likeness (QED) is 0.272. The van der Waals surface area contributed by atoms with Crippen LogP contribution in [0.2, 0.25) is 0 Å². The van der Waals surface area contributed by atoms with Gasteiger partial charge in [0.15, 0.2) is 17.5 Å². The Morgan fingerprint density at radius 2 is 1.76 bits per heavy atom. The first kappa shape index (κ1) is 26.8. The van der Waals surface area contributed by atoms with Gasteiger partial charge in [-0.2, -0.15) is 0 Å². The van der Waals surface area contributed by atoms with Crippen LogP contribution < -0.4 is 29.6 Å². The Balaban J connectivity index is 0.00000385. The van der Waals surface area contributed by atoms with Crippen molar-refractivity contribution in [1.29, 1.82) is 0 Å². The molecule has 0 spiro atoms. The zero-order chi connectivity index (χ0) is 22.9. The minimum atomic E-state index is 0. The van der Waals surface area contributed by atoms with Crippen molar-refractivity contribution in [2.75, 3.05) is 48.6 Å². The third-order valence-corrected chi connectivity index (χ3v) is 5.59. The van der Waals surface area contributed by atoms with E-state index in [4.69, 9.17) is 18.9 Å². The van der Waals surface area contributed by atoms with Gasteiger partial charge in [0.25, 0.3) is 0 Å². The molecule has 0 aromatic heterocycles. The molecule has 0 aliphatic carbocycles. The van der Waals surface area contributed by atoms with E-state index in [1.54, 1.807) is 35.5 Å². The van der Waals surface area contributed by atoms with Gasteiger partial charge in [-0.1, -0.05) is 12.1 Å². The topological polar surface area (TPSA) is 76.6 Å². The monoisotopic (exact) mass is 570 g/mol. The first-order valence-corrected chi connectivity index (χ1v) is 10.7. The molecule has 0 saturated carbocycles. The van der Waals surface area contributed by atoms with E-state index in [2.05, 4.69) is 32.7 Å². The number of para-hydroxylation sites is 1. The highest BCUT2D eigenvalue weighted by Gasteiger charge is 2.23. The highest BCUT2D eigenvalue weighted by molar-refractivity contribution is 14.0. The fraction of sp³-hybridized carbons (Fsp3) is 0.458. The van der Waals surface area contributed by atoms with Crippen molar-refractivity contribution in [1.82, 2.24) is 15.5 Å². The van der Waals surface area contributed by atoms with E-state index in [0.29, 0.717) is 12.6 Å². The molecule has 0 radical (unpaired) electrons. The maximum absolute atomic E-state index is 5.52. The summed E-state index contributed by atoms with van der Waals surface area (Å²) < 4.78 is 21.7. The van der Waals surface area contributed by atoms with E-state index >= 15 is 0 Å². The van der Waals surface area contributed by atoms with Crippen LogP contribution >= 0.6 is 24.0 Å². The lowest BCUT2D eigenvalue weighted by molar-refractivity contribution is 0.321. The van der Waals surface area contributed by atoms with Crippen molar-refractivity contribution in [3.05, 3.63) is 47.5 Å². The van der Waals surface area contributed by atoms with Crippen molar-refractivity contribution in [2.45, 2.75) is 25.6 Å². The SMILES string of the molecule is CN=C(NCc1cccc(OC)c1OC)NC1CCN(Cc2cc(OC)cc(OC)c2)C1.I. The number of guanidine groups is 1. The summed E-state index contributed by atoms with van der Waals surface area (Å²) >= 11 is 0. The molecule has 0 bridgehead atoms. The number of halogens is 1. The third-order valence-electron chi connectivity index (χ3n) is 5.59. The van der Waals surface area contributed by atoms with E-state index < -0.39 is 0 Å². The van der Waals surface area contributed by atoms with Crippen molar-refractivity contribution in [3.63, 3.8) is 0 Å². The van der Waals surface area contributed by atoms with Crippen molar-refractivity contribution in [2.24, 2.45) is 4.99 Å². The Labute approximate surface area is 213 Å². The summed E-state index contributed by atoms with van der Waals surface area (Å²) in [6.07, 6.45) is 1.05. The zero-order valence-electron chi connectivity index (χ0n) is 20.0. The number of hydrogen-bond donors (Lipinski definition) is 2. The summed E-state index contributed by atoms with van der Waals surface area (Å²) in [5, 5.41) is 6.92. The molecule has 182 valence electrons. The summed E-state index contributed by atoms with van der Waals surface area (Å²) in [6.45, 7) is 3.37. The zero-order valence-corrected chi connectivity index (χ0v) is 22.3. The molecular weight excluding hydrogens is 535 g/mol. The average Bonchev–Trinajstić information content (AvgIpc) is 3.27. The van der Waals surface area contributed by atoms with Crippen LogP contribution in [0.1, 0.15) is 17.5 Å². The Hall–Kier alpha value is -2.40. The minimum absolute atomic E-state index is 0. The average molecular weight is 570 g/mol. The predicted octanol–water partition coefficient (Wildman–Crippen LogP) is 3.28. The Morgan fingerprint density at radius 1 is 1.03 bits per heavy atom. The lowest BCUT2D eigenvalue weighted by Gasteiger charge is -2.20. The van der Waals surface area contributed by atoms with Gasteiger partial charge in [0, 0.05) is 50.9 Å². The molecular formula is C24H35IN4O4. The Kier molecular flexibility index (Phi) is 10.9. The van der Waals surface area contributed by atoms with Crippen LogP contribution in [-0.4, -0.2) is 65.5 Å². The lowest BCUT2D eigenvalue weighted by Crippen LogP contribution is -2.44. The van der Waals surface area contributed by atoms with Gasteiger partial charge < -0.3 is 29.6 Å². The predicted molar refractivity (Wildman–Crippen MR) is 142 cm³/mol. The highest BCUT2D eigenvalue weighted by Crippen LogP contribution is 2.30. The maximum atomic E-state index is 5.52. The number of hydrogen-bond acceptors (Lipinski definition) is 6. The Bertz CT molecular complexity index is 903. The number of rotatable bonds is 9. The molecule has 3 rings (SSSR count). The number of methoxy groups -OCH3 is 4. The fourth-order valence-corrected chi connectivity index (χ4v) is 3.97. The molecule has 1 atom stereocenters. The van der Waals surface area contributed by atoms with E-state index in [9.17, 15) is 0 Å². The van der Waals surface area contributed by atoms with Gasteiger partial charge in [-0.25, -0.2) is 0 Å². The van der Waals surface area contributed by atoms with Crippen molar-refractivity contribution < 1.29 is 18.9 Å². The second-order valence-corrected chi connectivity index (χ2v) is 7.66. The number of nitrogens with zero attached hydrogens (tertiary/aromatic N) is 2. The van der Waals surface area contributed by atoms with Gasteiger partial charge in [0.2, 0.25) is 0 Å². The molecule has 2 N–H and O–H groups in total. The second kappa shape index (κ2) is 13.3. The lowest BCUT2D eigenvalue weighted by atomic mass is 10.2. The van der Waals surface area contributed by atoms with E-state index in [-0.39, 0.29) is 24.0 Å². The van der Waals surface area contributed by atoms with Crippen LogP contribution in [0, 0.1) is 0 Å². The van der Waals surface area contributed by atoms with Gasteiger partial charge in [0.05, 0.1) is 28.4 Å². The van der Waals surface area contributed by atoms with Crippen LogP contribution in [0.5, 0.6) is 23.0 Å². The van der Waals surface area contributed by atoms with Crippen LogP contribution in [0.4, 0.5) is 0 Å². The third kappa shape index (κ3) is 7.29. The number of nitrogens with one attached hydrogen (secondary N) is 2. The van der Waals surface area contributed by atoms with Crippen molar-refractivity contribution in [3.8, 4) is 23.0 Å². The minimum Gasteiger partial charge on any atom is -0.497 e. The summed E-state index contributed by atoms with van der Waals surface area (Å²) in [5.41, 5.74) is 2.18. The Morgan fingerprint density at radius 3 is 2.36 bits per heavy atom. The summed E-state index contributed by atoms with van der Waals surface area (Å²) in [5.74, 6) is 3.84. The smallest absolute Gasteiger partial charge is 0.191 e. The molecule has 9 heteroatoms. The number of benzene rings is 2. The summed E-state index contributed by atoms with van der Waals surface area (Å²) in [6, 6.07) is 12.2. The molecule has 1 fully saturated rings. The number of aliphatic imine (C=N–C) groups is 1. The molecule has 33 heavy (non-hydrogen) atoms. The molecule has 1 unspecified atom stereocenters. The van der Waals surface area contributed by atoms with Crippen LogP contribution in [0.25, 0.3) is 0 Å². The molecule has 1 aliphatic heterocycles. The van der Waals surface area contributed by atoms with Crippen LogP contribution in [0.3, 0.4) is 0 Å². The van der Waals surface area contributed by atoms with Gasteiger partial charge >= 0.3 is 0 Å². The normalized spacial score (nSPS) is 16.0. The number of likely N-dealkylation sites (tertiary alicyclic amines) is 1. The van der Waals surface area contributed by atoms with Gasteiger partial charge in [-0.15, -0.1) is 24.0 Å². The standard InChI is InChI=1S/C24H34N4O4.HI/c1-25-24(26-14-18-7-6-8-22(31-4)23(18)32-5)27-19-9-10-28(16-19)15-17-11-20(29-2)13-21(12-17)30-3;/h6-8,11-13,19H,9-10,14-16H2,1-5H3,(H2,25,26,27);1H. The maximum Gasteiger partial charge on any atom is 0.191 e. The van der Waals surface area contributed by atoms with Gasteiger partial charge in [-0.3, -0.25) is 9.89 Å². The molecule has 1 heterocycles. The fourth-order valence-electron chi connectivity index (χ4n) is 3.97. The molecule has 0 amide bonds. The summed E-state index contributed by atoms with van der Waals surface area (Å²) in [4.78, 5) is 6.81. The molecule has 2 aromatic rings. The van der Waals surface area contributed by atoms with Crippen LogP contribution in [-0.2, 0) is 13.1 Å². The molecule has 8 nitrogen and oxygen atoms in total. The van der Waals surface area contributed by atoms with E-state index in [0.717, 1.165) is 60.6 Å². The van der Waals surface area contributed by atoms with Crippen molar-refractivity contribution >= 4 is 29.9 Å². The molecule has 2 aromatic carbocycles. The molecule has 1 saturated heterocycles. The number of ether oxygens (including phenoxy) is 4. The second-order valence-electron chi connectivity index (χ2n) is 7.66. The van der Waals surface area contributed by atoms with Gasteiger partial charge in [0.1, 0.15) is 11.5 Å². The van der Waals surface area contributed by atoms with Crippen LogP contribution in [0.15, 0.2) is 41.4 Å². The van der Waals surface area contributed by atoms with Gasteiger partial charge in [-0.05, 0) is 30.2 Å². The van der Waals surface area contributed by atoms with E-state index in [1.165, 1.54) is 5.56 Å². The largest absolute Gasteiger partial charge is 0.497 e. The highest BCUT2D eigenvalue weighted by atomic mass is 127.